The second-order valence-corrected chi connectivity index (χ2v) is 6.18. The summed E-state index contributed by atoms with van der Waals surface area (Å²) in [6.45, 7) is 2.54. The Bertz CT molecular complexity index is 955. The fourth-order valence-electron chi connectivity index (χ4n) is 2.93. The van der Waals surface area contributed by atoms with Gasteiger partial charge in [-0.2, -0.15) is 5.10 Å². The summed E-state index contributed by atoms with van der Waals surface area (Å²) in [5.41, 5.74) is 2.53. The molecule has 0 bridgehead atoms. The molecule has 0 aliphatic rings. The van der Waals surface area contributed by atoms with Gasteiger partial charge in [0, 0.05) is 6.42 Å². The number of H-pyrrole nitrogens is 1. The van der Waals surface area contributed by atoms with Gasteiger partial charge in [-0.3, -0.25) is 4.57 Å². The van der Waals surface area contributed by atoms with Crippen LogP contribution in [0.5, 0.6) is 0 Å². The number of aromatic nitrogens is 3. The van der Waals surface area contributed by atoms with Crippen molar-refractivity contribution in [2.24, 2.45) is 0 Å². The van der Waals surface area contributed by atoms with Crippen molar-refractivity contribution in [1.82, 2.24) is 14.8 Å². The van der Waals surface area contributed by atoms with Gasteiger partial charge < -0.3 is 5.11 Å². The van der Waals surface area contributed by atoms with Crippen LogP contribution in [0.4, 0.5) is 0 Å². The first-order valence-corrected chi connectivity index (χ1v) is 8.66. The Kier molecular flexibility index (Phi) is 5.31. The van der Waals surface area contributed by atoms with E-state index in [0.717, 1.165) is 36.2 Å². The largest absolute Gasteiger partial charge is 0.478 e. The summed E-state index contributed by atoms with van der Waals surface area (Å²) in [5, 5.41) is 16.0. The average molecular weight is 351 g/mol. The maximum absolute atomic E-state index is 12.0. The summed E-state index contributed by atoms with van der Waals surface area (Å²) in [7, 11) is 0. The van der Waals surface area contributed by atoms with Gasteiger partial charge in [0.1, 0.15) is 5.82 Å². The van der Waals surface area contributed by atoms with Crippen LogP contribution in [0.3, 0.4) is 0 Å². The van der Waals surface area contributed by atoms with E-state index in [1.807, 2.05) is 30.3 Å². The molecule has 0 unspecified atom stereocenters. The van der Waals surface area contributed by atoms with E-state index in [-0.39, 0.29) is 11.3 Å². The molecule has 0 atom stereocenters. The molecule has 0 saturated carbocycles. The first-order valence-electron chi connectivity index (χ1n) is 8.66. The highest BCUT2D eigenvalue weighted by atomic mass is 16.4. The number of nitrogens with zero attached hydrogens (tertiary/aromatic N) is 2. The van der Waals surface area contributed by atoms with Gasteiger partial charge in [0.25, 0.3) is 0 Å². The van der Waals surface area contributed by atoms with Crippen molar-refractivity contribution < 1.29 is 9.90 Å². The van der Waals surface area contributed by atoms with E-state index in [4.69, 9.17) is 0 Å². The van der Waals surface area contributed by atoms with Crippen LogP contribution in [0.1, 0.15) is 41.5 Å². The SMILES string of the molecule is CCCCc1n[nH]c(=O)n1Cc1ccc(-c2ccccc2C(=O)O)cc1. The zero-order valence-electron chi connectivity index (χ0n) is 14.6. The van der Waals surface area contributed by atoms with Gasteiger partial charge in [-0.15, -0.1) is 0 Å². The third-order valence-electron chi connectivity index (χ3n) is 4.35. The molecule has 3 aromatic rings. The lowest BCUT2D eigenvalue weighted by Crippen LogP contribution is -2.19. The molecule has 26 heavy (non-hydrogen) atoms. The van der Waals surface area contributed by atoms with Crippen molar-refractivity contribution in [3.05, 3.63) is 76.0 Å². The highest BCUT2D eigenvalue weighted by Gasteiger charge is 2.12. The van der Waals surface area contributed by atoms with Gasteiger partial charge in [-0.05, 0) is 29.2 Å². The maximum atomic E-state index is 12.0. The Morgan fingerprint density at radius 3 is 2.58 bits per heavy atom. The van der Waals surface area contributed by atoms with Gasteiger partial charge in [0.15, 0.2) is 0 Å². The van der Waals surface area contributed by atoms with E-state index in [1.54, 1.807) is 22.8 Å². The molecule has 6 heteroatoms. The van der Waals surface area contributed by atoms with E-state index in [1.165, 1.54) is 0 Å². The van der Waals surface area contributed by atoms with Gasteiger partial charge in [-0.25, -0.2) is 14.7 Å². The minimum Gasteiger partial charge on any atom is -0.478 e. The van der Waals surface area contributed by atoms with Crippen molar-refractivity contribution in [2.45, 2.75) is 32.7 Å². The molecule has 0 radical (unpaired) electrons. The number of aromatic amines is 1. The molecule has 6 nitrogen and oxygen atoms in total. The van der Waals surface area contributed by atoms with Crippen LogP contribution in [0.15, 0.2) is 53.3 Å². The number of aryl methyl sites for hydroxylation is 1. The van der Waals surface area contributed by atoms with Gasteiger partial charge in [0.05, 0.1) is 12.1 Å². The van der Waals surface area contributed by atoms with Crippen molar-refractivity contribution in [3.63, 3.8) is 0 Å². The summed E-state index contributed by atoms with van der Waals surface area (Å²) in [5.74, 6) is -0.188. The van der Waals surface area contributed by atoms with Crippen molar-refractivity contribution in [1.29, 1.82) is 0 Å². The molecular formula is C20H21N3O3. The van der Waals surface area contributed by atoms with Gasteiger partial charge in [0.2, 0.25) is 0 Å². The summed E-state index contributed by atoms with van der Waals surface area (Å²) >= 11 is 0. The van der Waals surface area contributed by atoms with Crippen LogP contribution in [0.2, 0.25) is 0 Å². The molecule has 0 aliphatic heterocycles. The minimum atomic E-state index is -0.949. The molecule has 0 amide bonds. The number of unbranched alkanes of at least 4 members (excludes halogenated alkanes) is 1. The van der Waals surface area contributed by atoms with E-state index in [0.29, 0.717) is 12.1 Å². The van der Waals surface area contributed by atoms with E-state index >= 15 is 0 Å². The predicted octanol–water partition coefficient (Wildman–Crippen LogP) is 3.33. The zero-order valence-corrected chi connectivity index (χ0v) is 14.6. The summed E-state index contributed by atoms with van der Waals surface area (Å²) < 4.78 is 1.65. The average Bonchev–Trinajstić information content (AvgIpc) is 3.00. The topological polar surface area (TPSA) is 88.0 Å². The highest BCUT2D eigenvalue weighted by molar-refractivity contribution is 5.95. The van der Waals surface area contributed by atoms with E-state index < -0.39 is 5.97 Å². The first kappa shape index (κ1) is 17.7. The number of nitrogens with one attached hydrogen (secondary N) is 1. The van der Waals surface area contributed by atoms with E-state index in [2.05, 4.69) is 17.1 Å². The molecule has 0 fully saturated rings. The molecule has 0 spiro atoms. The second kappa shape index (κ2) is 7.82. The van der Waals surface area contributed by atoms with E-state index in [9.17, 15) is 14.7 Å². The van der Waals surface area contributed by atoms with Crippen molar-refractivity contribution in [2.75, 3.05) is 0 Å². The van der Waals surface area contributed by atoms with Crippen LogP contribution in [0, 0.1) is 0 Å². The monoisotopic (exact) mass is 351 g/mol. The third kappa shape index (κ3) is 3.74. The quantitative estimate of drug-likeness (QED) is 0.683. The molecule has 134 valence electrons. The number of benzene rings is 2. The van der Waals surface area contributed by atoms with Crippen LogP contribution in [0.25, 0.3) is 11.1 Å². The zero-order chi connectivity index (χ0) is 18.5. The Morgan fingerprint density at radius 2 is 1.88 bits per heavy atom. The Hall–Kier alpha value is -3.15. The van der Waals surface area contributed by atoms with Crippen LogP contribution in [-0.4, -0.2) is 25.8 Å². The van der Waals surface area contributed by atoms with Crippen molar-refractivity contribution in [3.8, 4) is 11.1 Å². The number of aromatic carboxylic acids is 1. The molecule has 3 rings (SSSR count). The number of carboxylic acids is 1. The maximum Gasteiger partial charge on any atom is 0.343 e. The molecular weight excluding hydrogens is 330 g/mol. The molecule has 2 aromatic carbocycles. The Balaban J connectivity index is 1.85. The molecule has 0 saturated heterocycles. The normalized spacial score (nSPS) is 10.8. The van der Waals surface area contributed by atoms with Crippen molar-refractivity contribution >= 4 is 5.97 Å². The number of carboxylic acid groups (broad SMARTS) is 1. The third-order valence-corrected chi connectivity index (χ3v) is 4.35. The van der Waals surface area contributed by atoms with Crippen LogP contribution >= 0.6 is 0 Å². The second-order valence-electron chi connectivity index (χ2n) is 6.18. The number of hydrogen-bond acceptors (Lipinski definition) is 3. The summed E-state index contributed by atoms with van der Waals surface area (Å²) in [6, 6.07) is 14.5. The lowest BCUT2D eigenvalue weighted by atomic mass is 9.99. The fraction of sp³-hybridized carbons (Fsp3) is 0.250. The van der Waals surface area contributed by atoms with Gasteiger partial charge in [-0.1, -0.05) is 55.8 Å². The molecule has 1 heterocycles. The van der Waals surface area contributed by atoms with Gasteiger partial charge >= 0.3 is 11.7 Å². The number of carbonyl (C=O) groups is 1. The smallest absolute Gasteiger partial charge is 0.343 e. The standard InChI is InChI=1S/C20H21N3O3/c1-2-3-8-18-21-22-20(26)23(18)13-14-9-11-15(12-10-14)16-6-4-5-7-17(16)19(24)25/h4-7,9-12H,2-3,8,13H2,1H3,(H,22,26)(H,24,25). The lowest BCUT2D eigenvalue weighted by Gasteiger charge is -2.09. The molecule has 0 aliphatic carbocycles. The number of hydrogen-bond donors (Lipinski definition) is 2. The Morgan fingerprint density at radius 1 is 1.15 bits per heavy atom. The van der Waals surface area contributed by atoms with Crippen LogP contribution in [-0.2, 0) is 13.0 Å². The molecule has 2 N–H and O–H groups in total. The minimum absolute atomic E-state index is 0.212. The van der Waals surface area contributed by atoms with Crippen LogP contribution < -0.4 is 5.69 Å². The predicted molar refractivity (Wildman–Crippen MR) is 99.4 cm³/mol. The first-order chi connectivity index (χ1) is 12.6. The highest BCUT2D eigenvalue weighted by Crippen LogP contribution is 2.24. The molecule has 1 aromatic heterocycles. The summed E-state index contributed by atoms with van der Waals surface area (Å²) in [4.78, 5) is 23.4. The number of rotatable bonds is 7. The summed E-state index contributed by atoms with van der Waals surface area (Å²) in [6.07, 6.45) is 2.78. The fourth-order valence-corrected chi connectivity index (χ4v) is 2.93. The Labute approximate surface area is 151 Å². The lowest BCUT2D eigenvalue weighted by molar-refractivity contribution is 0.0697.